The summed E-state index contributed by atoms with van der Waals surface area (Å²) >= 11 is 0. The topological polar surface area (TPSA) is 12.5 Å². The van der Waals surface area contributed by atoms with E-state index in [1.54, 1.807) is 7.11 Å². The Morgan fingerprint density at radius 1 is 1.12 bits per heavy atom. The van der Waals surface area contributed by atoms with E-state index in [9.17, 15) is 0 Å². The molecule has 0 aliphatic heterocycles. The van der Waals surface area contributed by atoms with Crippen molar-refractivity contribution in [2.24, 2.45) is 0 Å². The number of ether oxygens (including phenoxy) is 1. The number of allylic oxidation sites excluding steroid dienone is 2. The lowest BCUT2D eigenvalue weighted by Crippen LogP contribution is -2.29. The Morgan fingerprint density at radius 2 is 1.76 bits per heavy atom. The number of nitrogens with zero attached hydrogens (tertiary/aromatic N) is 1. The summed E-state index contributed by atoms with van der Waals surface area (Å²) in [7, 11) is 3.89. The second-order valence-corrected chi connectivity index (χ2v) is 4.86. The Hall–Kier alpha value is -1.44. The van der Waals surface area contributed by atoms with Gasteiger partial charge < -0.3 is 9.64 Å². The van der Waals surface area contributed by atoms with Gasteiger partial charge >= 0.3 is 0 Å². The molecule has 1 aliphatic carbocycles. The van der Waals surface area contributed by atoms with Crippen LogP contribution in [0, 0.1) is 0 Å². The summed E-state index contributed by atoms with van der Waals surface area (Å²) < 4.78 is 5.19. The Labute approximate surface area is 104 Å². The lowest BCUT2D eigenvalue weighted by Gasteiger charge is -2.35. The van der Waals surface area contributed by atoms with E-state index in [0.717, 1.165) is 5.75 Å². The van der Waals surface area contributed by atoms with Gasteiger partial charge in [0.1, 0.15) is 5.75 Å². The predicted octanol–water partition coefficient (Wildman–Crippen LogP) is 3.54. The molecule has 0 radical (unpaired) electrons. The second-order valence-electron chi connectivity index (χ2n) is 4.86. The van der Waals surface area contributed by atoms with Crippen LogP contribution in [0.4, 0.5) is 0 Å². The molecule has 2 nitrogen and oxygen atoms in total. The third kappa shape index (κ3) is 2.31. The van der Waals surface area contributed by atoms with Gasteiger partial charge in [0, 0.05) is 18.8 Å². The molecule has 1 aliphatic rings. The zero-order valence-electron chi connectivity index (χ0n) is 11.2. The summed E-state index contributed by atoms with van der Waals surface area (Å²) in [6.45, 7) is 4.47. The fourth-order valence-corrected chi connectivity index (χ4v) is 2.17. The van der Waals surface area contributed by atoms with Gasteiger partial charge in [-0.25, -0.2) is 0 Å². The van der Waals surface area contributed by atoms with Crippen molar-refractivity contribution in [1.29, 1.82) is 0 Å². The largest absolute Gasteiger partial charge is 0.497 e. The van der Waals surface area contributed by atoms with Gasteiger partial charge in [-0.1, -0.05) is 12.1 Å². The number of benzene rings is 1. The molecule has 0 bridgehead atoms. The quantitative estimate of drug-likeness (QED) is 0.786. The minimum atomic E-state index is 0.568. The van der Waals surface area contributed by atoms with Crippen molar-refractivity contribution >= 4 is 5.57 Å². The van der Waals surface area contributed by atoms with E-state index in [-0.39, 0.29) is 0 Å². The molecule has 17 heavy (non-hydrogen) atoms. The van der Waals surface area contributed by atoms with Crippen molar-refractivity contribution in [2.75, 3.05) is 14.2 Å². The minimum Gasteiger partial charge on any atom is -0.497 e. The zero-order valence-corrected chi connectivity index (χ0v) is 11.2. The van der Waals surface area contributed by atoms with E-state index < -0.39 is 0 Å². The summed E-state index contributed by atoms with van der Waals surface area (Å²) in [5.74, 6) is 0.924. The molecule has 0 unspecified atom stereocenters. The van der Waals surface area contributed by atoms with Crippen LogP contribution in [0.3, 0.4) is 0 Å². The molecule has 92 valence electrons. The van der Waals surface area contributed by atoms with E-state index >= 15 is 0 Å². The van der Waals surface area contributed by atoms with Crippen LogP contribution in [0.15, 0.2) is 30.0 Å². The molecule has 0 saturated carbocycles. The van der Waals surface area contributed by atoms with Gasteiger partial charge in [0.05, 0.1) is 7.11 Å². The van der Waals surface area contributed by atoms with E-state index in [0.29, 0.717) is 6.04 Å². The maximum Gasteiger partial charge on any atom is 0.118 e. The van der Waals surface area contributed by atoms with Crippen molar-refractivity contribution in [3.8, 4) is 5.75 Å². The summed E-state index contributed by atoms with van der Waals surface area (Å²) in [6.07, 6.45) is 2.40. The molecule has 1 aromatic rings. The normalized spacial score (nSPS) is 14.9. The summed E-state index contributed by atoms with van der Waals surface area (Å²) in [4.78, 5) is 2.38. The Morgan fingerprint density at radius 3 is 2.18 bits per heavy atom. The first-order valence-electron chi connectivity index (χ1n) is 6.22. The fourth-order valence-electron chi connectivity index (χ4n) is 2.17. The number of hydrogen-bond acceptors (Lipinski definition) is 2. The molecule has 2 rings (SSSR count). The van der Waals surface area contributed by atoms with Crippen LogP contribution in [-0.4, -0.2) is 25.1 Å². The monoisotopic (exact) mass is 231 g/mol. The molecule has 0 aromatic heterocycles. The number of hydrogen-bond donors (Lipinski definition) is 0. The van der Waals surface area contributed by atoms with Crippen molar-refractivity contribution in [3.63, 3.8) is 0 Å². The van der Waals surface area contributed by atoms with Crippen LogP contribution in [0.5, 0.6) is 5.75 Å². The van der Waals surface area contributed by atoms with Gasteiger partial charge in [0.2, 0.25) is 0 Å². The average Bonchev–Trinajstić information content (AvgIpc) is 2.28. The maximum absolute atomic E-state index is 5.19. The molecule has 0 N–H and O–H groups in total. The van der Waals surface area contributed by atoms with Crippen molar-refractivity contribution in [3.05, 3.63) is 35.5 Å². The van der Waals surface area contributed by atoms with Crippen LogP contribution < -0.4 is 4.74 Å². The van der Waals surface area contributed by atoms with E-state index in [1.165, 1.54) is 29.7 Å². The molecule has 0 amide bonds. The number of methoxy groups -OCH3 is 1. The third-order valence-electron chi connectivity index (χ3n) is 3.60. The highest BCUT2D eigenvalue weighted by Gasteiger charge is 2.22. The van der Waals surface area contributed by atoms with E-state index in [1.807, 2.05) is 12.1 Å². The highest BCUT2D eigenvalue weighted by atomic mass is 16.5. The van der Waals surface area contributed by atoms with Crippen molar-refractivity contribution in [2.45, 2.75) is 32.7 Å². The van der Waals surface area contributed by atoms with E-state index in [2.05, 4.69) is 37.9 Å². The van der Waals surface area contributed by atoms with Crippen LogP contribution in [0.2, 0.25) is 0 Å². The summed E-state index contributed by atoms with van der Waals surface area (Å²) in [5.41, 5.74) is 4.31. The van der Waals surface area contributed by atoms with E-state index in [4.69, 9.17) is 4.74 Å². The van der Waals surface area contributed by atoms with Gasteiger partial charge in [0.25, 0.3) is 0 Å². The second kappa shape index (κ2) is 4.82. The molecule has 0 saturated heterocycles. The highest BCUT2D eigenvalue weighted by Crippen LogP contribution is 2.38. The maximum atomic E-state index is 5.19. The summed E-state index contributed by atoms with van der Waals surface area (Å²) in [5, 5.41) is 0. The highest BCUT2D eigenvalue weighted by molar-refractivity contribution is 5.73. The van der Waals surface area contributed by atoms with Crippen LogP contribution >= 0.6 is 0 Å². The van der Waals surface area contributed by atoms with Gasteiger partial charge in [-0.3, -0.25) is 0 Å². The predicted molar refractivity (Wildman–Crippen MR) is 72.0 cm³/mol. The van der Waals surface area contributed by atoms with Crippen LogP contribution in [0.25, 0.3) is 5.57 Å². The van der Waals surface area contributed by atoms with Crippen LogP contribution in [-0.2, 0) is 0 Å². The lowest BCUT2D eigenvalue weighted by molar-refractivity contribution is 0.323. The molecule has 0 atom stereocenters. The Kier molecular flexibility index (Phi) is 3.41. The van der Waals surface area contributed by atoms with Gasteiger partial charge in [-0.2, -0.15) is 0 Å². The standard InChI is InChI=1S/C15H21NO/c1-11(2)16(3)15-10-9-14(15)12-5-7-13(17-4)8-6-12/h5-8,11H,9-10H2,1-4H3. The Balaban J connectivity index is 2.24. The molecular weight excluding hydrogens is 210 g/mol. The molecule has 0 spiro atoms. The van der Waals surface area contributed by atoms with Gasteiger partial charge in [-0.15, -0.1) is 0 Å². The van der Waals surface area contributed by atoms with Crippen molar-refractivity contribution < 1.29 is 4.74 Å². The Bertz CT molecular complexity index is 417. The molecule has 0 fully saturated rings. The molecular formula is C15H21NO. The SMILES string of the molecule is COc1ccc(C2=C(N(C)C(C)C)CC2)cc1. The first-order valence-corrected chi connectivity index (χ1v) is 6.22. The first kappa shape index (κ1) is 12.0. The molecule has 0 heterocycles. The molecule has 1 aromatic carbocycles. The number of rotatable bonds is 4. The third-order valence-corrected chi connectivity index (χ3v) is 3.60. The van der Waals surface area contributed by atoms with Gasteiger partial charge in [-0.05, 0) is 50.0 Å². The average molecular weight is 231 g/mol. The molecule has 2 heteroatoms. The smallest absolute Gasteiger partial charge is 0.118 e. The van der Waals surface area contributed by atoms with Crippen molar-refractivity contribution in [1.82, 2.24) is 4.90 Å². The first-order chi connectivity index (χ1) is 8.13. The summed E-state index contributed by atoms with van der Waals surface area (Å²) in [6, 6.07) is 8.95. The van der Waals surface area contributed by atoms with Gasteiger partial charge in [0.15, 0.2) is 0 Å². The zero-order chi connectivity index (χ0) is 12.4. The lowest BCUT2D eigenvalue weighted by atomic mass is 9.87. The van der Waals surface area contributed by atoms with Crippen LogP contribution in [0.1, 0.15) is 32.3 Å². The fraction of sp³-hybridized carbons (Fsp3) is 0.467. The minimum absolute atomic E-state index is 0.568.